The highest BCUT2D eigenvalue weighted by atomic mass is 79.9. The number of nitrogens with zero attached hydrogens (tertiary/aromatic N) is 1. The molecule has 0 saturated carbocycles. The maximum absolute atomic E-state index is 13.4. The summed E-state index contributed by atoms with van der Waals surface area (Å²) < 4.78 is 40.2. The van der Waals surface area contributed by atoms with Crippen LogP contribution >= 0.6 is 15.9 Å². The maximum atomic E-state index is 13.4. The van der Waals surface area contributed by atoms with Gasteiger partial charge in [0.2, 0.25) is 0 Å². The number of hydrogen-bond acceptors (Lipinski definition) is 3. The third-order valence-electron chi connectivity index (χ3n) is 2.95. The van der Waals surface area contributed by atoms with Crippen LogP contribution in [-0.2, 0) is 10.0 Å². The second-order valence-corrected chi connectivity index (χ2v) is 6.99. The first-order chi connectivity index (χ1) is 9.87. The molecule has 0 aliphatic carbocycles. The summed E-state index contributed by atoms with van der Waals surface area (Å²) in [5.41, 5.74) is 6.09. The van der Waals surface area contributed by atoms with Crippen molar-refractivity contribution in [3.63, 3.8) is 0 Å². The fourth-order valence-electron chi connectivity index (χ4n) is 1.97. The predicted octanol–water partition coefficient (Wildman–Crippen LogP) is 3.39. The zero-order valence-electron chi connectivity index (χ0n) is 11.3. The minimum atomic E-state index is -3.86. The first kappa shape index (κ1) is 15.8. The van der Waals surface area contributed by atoms with Crippen molar-refractivity contribution in [1.29, 1.82) is 0 Å². The molecule has 0 amide bonds. The SMILES string of the molecule is CCN(c1ccccc1)S(=O)(=O)c1cc(Br)c(F)cc1N. The van der Waals surface area contributed by atoms with Gasteiger partial charge in [0.25, 0.3) is 10.0 Å². The second-order valence-electron chi connectivity index (χ2n) is 4.31. The molecule has 0 aromatic heterocycles. The fourth-order valence-corrected chi connectivity index (χ4v) is 4.07. The van der Waals surface area contributed by atoms with Crippen LogP contribution in [0.3, 0.4) is 0 Å². The number of nitrogens with two attached hydrogens (primary N) is 1. The average molecular weight is 373 g/mol. The standard InChI is InChI=1S/C14H14BrFN2O2S/c1-2-18(10-6-4-3-5-7-10)21(19,20)14-8-11(15)12(16)9-13(14)17/h3-9H,2,17H2,1H3. The summed E-state index contributed by atoms with van der Waals surface area (Å²) >= 11 is 2.99. The Morgan fingerprint density at radius 1 is 1.24 bits per heavy atom. The number of rotatable bonds is 4. The molecule has 0 heterocycles. The lowest BCUT2D eigenvalue weighted by Gasteiger charge is -2.23. The summed E-state index contributed by atoms with van der Waals surface area (Å²) in [6.07, 6.45) is 0. The number of para-hydroxylation sites is 1. The molecule has 2 rings (SSSR count). The average Bonchev–Trinajstić information content (AvgIpc) is 2.44. The summed E-state index contributed by atoms with van der Waals surface area (Å²) in [7, 11) is -3.86. The fraction of sp³-hybridized carbons (Fsp3) is 0.143. The largest absolute Gasteiger partial charge is 0.398 e. The molecule has 4 nitrogen and oxygen atoms in total. The van der Waals surface area contributed by atoms with Crippen molar-refractivity contribution in [3.05, 3.63) is 52.8 Å². The number of anilines is 2. The van der Waals surface area contributed by atoms with Gasteiger partial charge in [-0.3, -0.25) is 4.31 Å². The summed E-state index contributed by atoms with van der Waals surface area (Å²) in [5, 5.41) is 0. The molecule has 0 aliphatic heterocycles. The Balaban J connectivity index is 2.58. The van der Waals surface area contributed by atoms with E-state index in [2.05, 4.69) is 15.9 Å². The van der Waals surface area contributed by atoms with Gasteiger partial charge in [0.15, 0.2) is 0 Å². The number of nitrogen functional groups attached to an aromatic ring is 1. The Kier molecular flexibility index (Phi) is 4.53. The molecule has 0 spiro atoms. The molecule has 0 unspecified atom stereocenters. The van der Waals surface area contributed by atoms with E-state index in [9.17, 15) is 12.8 Å². The van der Waals surface area contributed by atoms with E-state index in [1.54, 1.807) is 37.3 Å². The third-order valence-corrected chi connectivity index (χ3v) is 5.52. The van der Waals surface area contributed by atoms with Gasteiger partial charge < -0.3 is 5.73 Å². The zero-order chi connectivity index (χ0) is 15.6. The van der Waals surface area contributed by atoms with Gasteiger partial charge in [-0.1, -0.05) is 18.2 Å². The van der Waals surface area contributed by atoms with Gasteiger partial charge in [0.05, 0.1) is 15.8 Å². The lowest BCUT2D eigenvalue weighted by molar-refractivity contribution is 0.590. The molecule has 21 heavy (non-hydrogen) atoms. The van der Waals surface area contributed by atoms with Crippen LogP contribution in [0.5, 0.6) is 0 Å². The smallest absolute Gasteiger partial charge is 0.266 e. The van der Waals surface area contributed by atoms with Crippen molar-refractivity contribution < 1.29 is 12.8 Å². The topological polar surface area (TPSA) is 63.4 Å². The Hall–Kier alpha value is -1.60. The molecule has 0 atom stereocenters. The number of sulfonamides is 1. The van der Waals surface area contributed by atoms with Crippen LogP contribution < -0.4 is 10.0 Å². The highest BCUT2D eigenvalue weighted by molar-refractivity contribution is 9.10. The van der Waals surface area contributed by atoms with Crippen molar-refractivity contribution in [2.24, 2.45) is 0 Å². The third kappa shape index (κ3) is 3.03. The van der Waals surface area contributed by atoms with Crippen LogP contribution in [0.25, 0.3) is 0 Å². The molecular formula is C14H14BrFN2O2S. The molecule has 0 radical (unpaired) electrons. The summed E-state index contributed by atoms with van der Waals surface area (Å²) in [6, 6.07) is 10.9. The molecule has 7 heteroatoms. The van der Waals surface area contributed by atoms with Gasteiger partial charge in [-0.25, -0.2) is 12.8 Å². The minimum Gasteiger partial charge on any atom is -0.398 e. The Morgan fingerprint density at radius 2 is 1.86 bits per heavy atom. The van der Waals surface area contributed by atoms with E-state index in [1.165, 1.54) is 10.4 Å². The minimum absolute atomic E-state index is 0.0550. The molecular weight excluding hydrogens is 359 g/mol. The van der Waals surface area contributed by atoms with Crippen LogP contribution in [0.2, 0.25) is 0 Å². The van der Waals surface area contributed by atoms with E-state index in [1.807, 2.05) is 0 Å². The van der Waals surface area contributed by atoms with Gasteiger partial charge >= 0.3 is 0 Å². The maximum Gasteiger partial charge on any atom is 0.266 e. The highest BCUT2D eigenvalue weighted by Gasteiger charge is 2.26. The van der Waals surface area contributed by atoms with Crippen LogP contribution in [-0.4, -0.2) is 15.0 Å². The molecule has 2 aromatic rings. The van der Waals surface area contributed by atoms with E-state index in [-0.39, 0.29) is 21.6 Å². The van der Waals surface area contributed by atoms with Gasteiger partial charge in [-0.15, -0.1) is 0 Å². The number of benzene rings is 2. The molecule has 0 saturated heterocycles. The second kappa shape index (κ2) is 6.03. The van der Waals surface area contributed by atoms with E-state index >= 15 is 0 Å². The summed E-state index contributed by atoms with van der Waals surface area (Å²) in [5.74, 6) is -0.603. The molecule has 0 fully saturated rings. The quantitative estimate of drug-likeness (QED) is 0.836. The van der Waals surface area contributed by atoms with Crippen LogP contribution in [0.15, 0.2) is 51.8 Å². The highest BCUT2D eigenvalue weighted by Crippen LogP contribution is 2.30. The number of hydrogen-bond donors (Lipinski definition) is 1. The van der Waals surface area contributed by atoms with Gasteiger partial charge in [0.1, 0.15) is 10.7 Å². The molecule has 0 bridgehead atoms. The lowest BCUT2D eigenvalue weighted by Crippen LogP contribution is -2.31. The van der Waals surface area contributed by atoms with Crippen molar-refractivity contribution in [2.75, 3.05) is 16.6 Å². The van der Waals surface area contributed by atoms with Crippen LogP contribution in [0.1, 0.15) is 6.92 Å². The Bertz CT molecular complexity index is 751. The van der Waals surface area contributed by atoms with Gasteiger partial charge in [-0.05, 0) is 47.1 Å². The van der Waals surface area contributed by atoms with Crippen molar-refractivity contribution in [1.82, 2.24) is 0 Å². The molecule has 0 aliphatic rings. The van der Waals surface area contributed by atoms with Crippen molar-refractivity contribution in [3.8, 4) is 0 Å². The van der Waals surface area contributed by atoms with E-state index < -0.39 is 15.8 Å². The van der Waals surface area contributed by atoms with Crippen molar-refractivity contribution in [2.45, 2.75) is 11.8 Å². The van der Waals surface area contributed by atoms with E-state index in [0.29, 0.717) is 5.69 Å². The first-order valence-electron chi connectivity index (χ1n) is 6.20. The van der Waals surface area contributed by atoms with Crippen LogP contribution in [0.4, 0.5) is 15.8 Å². The molecule has 2 aromatic carbocycles. The predicted molar refractivity (Wildman–Crippen MR) is 85.2 cm³/mol. The zero-order valence-corrected chi connectivity index (χ0v) is 13.7. The first-order valence-corrected chi connectivity index (χ1v) is 8.43. The number of halogens is 2. The van der Waals surface area contributed by atoms with Gasteiger partial charge in [-0.2, -0.15) is 0 Å². The molecule has 2 N–H and O–H groups in total. The van der Waals surface area contributed by atoms with Crippen LogP contribution in [0, 0.1) is 5.82 Å². The van der Waals surface area contributed by atoms with Crippen molar-refractivity contribution >= 4 is 37.3 Å². The Labute approximate surface area is 131 Å². The summed E-state index contributed by atoms with van der Waals surface area (Å²) in [4.78, 5) is -0.124. The normalized spacial score (nSPS) is 11.4. The Morgan fingerprint density at radius 3 is 2.43 bits per heavy atom. The van der Waals surface area contributed by atoms with E-state index in [4.69, 9.17) is 5.73 Å². The summed E-state index contributed by atoms with van der Waals surface area (Å²) in [6.45, 7) is 1.96. The van der Waals surface area contributed by atoms with E-state index in [0.717, 1.165) is 6.07 Å². The molecule has 112 valence electrons. The lowest BCUT2D eigenvalue weighted by atomic mass is 10.3. The monoisotopic (exact) mass is 372 g/mol. The van der Waals surface area contributed by atoms with Gasteiger partial charge in [0, 0.05) is 6.54 Å².